The summed E-state index contributed by atoms with van der Waals surface area (Å²) >= 11 is 0. The van der Waals surface area contributed by atoms with Crippen molar-refractivity contribution in [3.05, 3.63) is 42.2 Å². The second-order valence-electron chi connectivity index (χ2n) is 4.85. The Balaban J connectivity index is 2.04. The second-order valence-corrected chi connectivity index (χ2v) is 4.85. The number of amides is 1. The lowest BCUT2D eigenvalue weighted by Crippen LogP contribution is -2.33. The highest BCUT2D eigenvalue weighted by Crippen LogP contribution is 2.29. The number of aliphatic hydroxyl groups is 2. The summed E-state index contributed by atoms with van der Waals surface area (Å²) in [4.78, 5) is 11.7. The van der Waals surface area contributed by atoms with Crippen molar-refractivity contribution in [2.75, 3.05) is 18.5 Å². The van der Waals surface area contributed by atoms with Gasteiger partial charge in [-0.15, -0.1) is 0 Å². The molecule has 3 N–H and O–H groups in total. The number of ether oxygens (including phenoxy) is 1. The fourth-order valence-electron chi connectivity index (χ4n) is 1.91. The lowest BCUT2D eigenvalue weighted by Gasteiger charge is -2.24. The molecule has 0 aliphatic rings. The summed E-state index contributed by atoms with van der Waals surface area (Å²) in [5.74, 6) is 0.850. The maximum absolute atomic E-state index is 11.7. The highest BCUT2D eigenvalue weighted by atomic mass is 16.6. The van der Waals surface area contributed by atoms with Gasteiger partial charge in [0.25, 0.3) is 0 Å². The Kier molecular flexibility index (Phi) is 5.13. The molecule has 1 aromatic carbocycles. The van der Waals surface area contributed by atoms with Crippen molar-refractivity contribution in [1.29, 1.82) is 0 Å². The molecule has 0 aliphatic heterocycles. The van der Waals surface area contributed by atoms with E-state index in [-0.39, 0.29) is 19.0 Å². The van der Waals surface area contributed by atoms with Gasteiger partial charge in [0.1, 0.15) is 11.5 Å². The zero-order chi connectivity index (χ0) is 16.0. The van der Waals surface area contributed by atoms with Crippen LogP contribution in [-0.4, -0.2) is 34.7 Å². The number of anilines is 1. The normalized spacial score (nSPS) is 11.2. The molecule has 0 spiro atoms. The standard InChI is InChI=1S/C15H18N2O5/c1-2-15(9-18,10-19)12-8-13(17-22-12)16-14(20)21-11-6-4-3-5-7-11/h3-8,18-19H,2,9-10H2,1H3,(H,16,17,20). The van der Waals surface area contributed by atoms with Crippen molar-refractivity contribution < 1.29 is 24.3 Å². The van der Waals surface area contributed by atoms with Gasteiger partial charge in [-0.25, -0.2) is 4.79 Å². The molecule has 0 bridgehead atoms. The van der Waals surface area contributed by atoms with Gasteiger partial charge in [-0.3, -0.25) is 5.32 Å². The predicted octanol–water partition coefficient (Wildman–Crippen LogP) is 1.92. The molecule has 118 valence electrons. The van der Waals surface area contributed by atoms with Crippen molar-refractivity contribution in [1.82, 2.24) is 5.16 Å². The zero-order valence-electron chi connectivity index (χ0n) is 12.2. The Morgan fingerprint density at radius 1 is 1.32 bits per heavy atom. The minimum absolute atomic E-state index is 0.149. The van der Waals surface area contributed by atoms with Crippen LogP contribution in [0.4, 0.5) is 10.6 Å². The summed E-state index contributed by atoms with van der Waals surface area (Å²) in [6, 6.07) is 10.1. The van der Waals surface area contributed by atoms with E-state index in [0.29, 0.717) is 17.9 Å². The van der Waals surface area contributed by atoms with Crippen molar-refractivity contribution in [3.63, 3.8) is 0 Å². The number of hydrogen-bond donors (Lipinski definition) is 3. The third kappa shape index (κ3) is 3.44. The number of carbonyl (C=O) groups is 1. The Hall–Kier alpha value is -2.38. The summed E-state index contributed by atoms with van der Waals surface area (Å²) < 4.78 is 10.2. The molecule has 0 fully saturated rings. The zero-order valence-corrected chi connectivity index (χ0v) is 12.2. The van der Waals surface area contributed by atoms with E-state index in [2.05, 4.69) is 10.5 Å². The molecule has 1 aromatic heterocycles. The van der Waals surface area contributed by atoms with Gasteiger partial charge in [-0.2, -0.15) is 0 Å². The molecule has 7 nitrogen and oxygen atoms in total. The van der Waals surface area contributed by atoms with Crippen LogP contribution in [0.3, 0.4) is 0 Å². The molecule has 2 aromatic rings. The van der Waals surface area contributed by atoms with Crippen LogP contribution in [0, 0.1) is 0 Å². The number of nitrogens with one attached hydrogen (secondary N) is 1. The summed E-state index contributed by atoms with van der Waals surface area (Å²) in [5, 5.41) is 25.0. The Morgan fingerprint density at radius 3 is 2.59 bits per heavy atom. The number of nitrogens with zero attached hydrogens (tertiary/aromatic N) is 1. The molecular formula is C15H18N2O5. The van der Waals surface area contributed by atoms with Gasteiger partial charge in [0, 0.05) is 6.07 Å². The van der Waals surface area contributed by atoms with Crippen LogP contribution in [0.5, 0.6) is 5.75 Å². The van der Waals surface area contributed by atoms with Gasteiger partial charge in [-0.05, 0) is 18.6 Å². The van der Waals surface area contributed by atoms with Crippen LogP contribution < -0.4 is 10.1 Å². The molecule has 0 saturated heterocycles. The third-order valence-electron chi connectivity index (χ3n) is 3.50. The SMILES string of the molecule is CCC(CO)(CO)c1cc(NC(=O)Oc2ccccc2)no1. The van der Waals surface area contributed by atoms with E-state index in [4.69, 9.17) is 9.26 Å². The van der Waals surface area contributed by atoms with Gasteiger partial charge < -0.3 is 19.5 Å². The monoisotopic (exact) mass is 306 g/mol. The molecule has 2 rings (SSSR count). The van der Waals surface area contributed by atoms with E-state index in [1.165, 1.54) is 6.07 Å². The number of hydrogen-bond acceptors (Lipinski definition) is 6. The maximum Gasteiger partial charge on any atom is 0.418 e. The average molecular weight is 306 g/mol. The van der Waals surface area contributed by atoms with Crippen LogP contribution in [0.25, 0.3) is 0 Å². The van der Waals surface area contributed by atoms with Crippen molar-refractivity contribution in [3.8, 4) is 5.75 Å². The first kappa shape index (κ1) is 16.0. The van der Waals surface area contributed by atoms with Gasteiger partial charge in [0.15, 0.2) is 5.82 Å². The van der Waals surface area contributed by atoms with Gasteiger partial charge in [0.05, 0.1) is 18.6 Å². The van der Waals surface area contributed by atoms with E-state index in [9.17, 15) is 15.0 Å². The summed E-state index contributed by atoms with van der Waals surface area (Å²) in [5.41, 5.74) is -0.920. The molecule has 22 heavy (non-hydrogen) atoms. The first-order valence-corrected chi connectivity index (χ1v) is 6.86. The number of aromatic nitrogens is 1. The van der Waals surface area contributed by atoms with Gasteiger partial charge >= 0.3 is 6.09 Å². The molecule has 7 heteroatoms. The number of rotatable bonds is 6. The molecule has 0 unspecified atom stereocenters. The minimum atomic E-state index is -0.920. The summed E-state index contributed by atoms with van der Waals surface area (Å²) in [7, 11) is 0. The Morgan fingerprint density at radius 2 is 2.00 bits per heavy atom. The van der Waals surface area contributed by atoms with Gasteiger partial charge in [-0.1, -0.05) is 30.3 Å². The first-order valence-electron chi connectivity index (χ1n) is 6.86. The van der Waals surface area contributed by atoms with E-state index in [0.717, 1.165) is 0 Å². The Labute approximate surface area is 127 Å². The number of aliphatic hydroxyl groups excluding tert-OH is 2. The maximum atomic E-state index is 11.7. The van der Waals surface area contributed by atoms with Crippen LogP contribution in [-0.2, 0) is 5.41 Å². The first-order chi connectivity index (χ1) is 10.6. The summed E-state index contributed by atoms with van der Waals surface area (Å²) in [6.45, 7) is 1.23. The second kappa shape index (κ2) is 7.06. The fourth-order valence-corrected chi connectivity index (χ4v) is 1.91. The van der Waals surface area contributed by atoms with Crippen LogP contribution in [0.1, 0.15) is 19.1 Å². The van der Waals surface area contributed by atoms with E-state index < -0.39 is 11.5 Å². The largest absolute Gasteiger partial charge is 0.418 e. The molecule has 0 atom stereocenters. The highest BCUT2D eigenvalue weighted by Gasteiger charge is 2.33. The topological polar surface area (TPSA) is 105 Å². The quantitative estimate of drug-likeness (QED) is 0.753. The number of carbonyl (C=O) groups excluding carboxylic acids is 1. The molecule has 0 radical (unpaired) electrons. The fraction of sp³-hybridized carbons (Fsp3) is 0.333. The van der Waals surface area contributed by atoms with Crippen molar-refractivity contribution in [2.24, 2.45) is 0 Å². The molecule has 0 saturated carbocycles. The predicted molar refractivity (Wildman–Crippen MR) is 78.7 cm³/mol. The van der Waals surface area contributed by atoms with Crippen LogP contribution in [0.15, 0.2) is 40.9 Å². The smallest absolute Gasteiger partial charge is 0.410 e. The average Bonchev–Trinajstić information content (AvgIpc) is 2.99. The molecular weight excluding hydrogens is 288 g/mol. The highest BCUT2D eigenvalue weighted by molar-refractivity contribution is 5.85. The van der Waals surface area contributed by atoms with Gasteiger partial charge in [0.2, 0.25) is 0 Å². The lowest BCUT2D eigenvalue weighted by molar-refractivity contribution is 0.0903. The van der Waals surface area contributed by atoms with Crippen molar-refractivity contribution >= 4 is 11.9 Å². The van der Waals surface area contributed by atoms with E-state index in [1.807, 2.05) is 13.0 Å². The number of para-hydroxylation sites is 1. The lowest BCUT2D eigenvalue weighted by atomic mass is 9.84. The Bertz CT molecular complexity index is 599. The molecule has 1 amide bonds. The van der Waals surface area contributed by atoms with E-state index in [1.54, 1.807) is 24.3 Å². The van der Waals surface area contributed by atoms with Crippen LogP contribution >= 0.6 is 0 Å². The van der Waals surface area contributed by atoms with Crippen molar-refractivity contribution in [2.45, 2.75) is 18.8 Å². The minimum Gasteiger partial charge on any atom is -0.410 e. The van der Waals surface area contributed by atoms with E-state index >= 15 is 0 Å². The van der Waals surface area contributed by atoms with Crippen LogP contribution in [0.2, 0.25) is 0 Å². The third-order valence-corrected chi connectivity index (χ3v) is 3.50. The molecule has 1 heterocycles. The summed E-state index contributed by atoms with van der Waals surface area (Å²) in [6.07, 6.45) is -0.246. The number of benzene rings is 1. The molecule has 0 aliphatic carbocycles.